The van der Waals surface area contributed by atoms with E-state index in [2.05, 4.69) is 31.2 Å². The highest BCUT2D eigenvalue weighted by atomic mass is 79.9. The predicted molar refractivity (Wildman–Crippen MR) is 98.6 cm³/mol. The minimum absolute atomic E-state index is 0.203. The van der Waals surface area contributed by atoms with Gasteiger partial charge >= 0.3 is 0 Å². The largest absolute Gasteiger partial charge is 0.322 e. The number of hydrogen-bond acceptors (Lipinski definition) is 3. The minimum Gasteiger partial charge on any atom is -0.322 e. The van der Waals surface area contributed by atoms with Crippen LogP contribution in [0.15, 0.2) is 45.7 Å². The third-order valence-electron chi connectivity index (χ3n) is 3.78. The van der Waals surface area contributed by atoms with Crippen LogP contribution < -0.4 is 10.9 Å². The molecule has 3 rings (SSSR count). The van der Waals surface area contributed by atoms with Crippen molar-refractivity contribution in [2.45, 2.75) is 20.3 Å². The maximum Gasteiger partial charge on any atom is 0.258 e. The Bertz CT molecular complexity index is 995. The van der Waals surface area contributed by atoms with Gasteiger partial charge in [-0.05, 0) is 55.3 Å². The summed E-state index contributed by atoms with van der Waals surface area (Å²) in [6.45, 7) is 3.75. The predicted octanol–water partition coefficient (Wildman–Crippen LogP) is 3.81. The van der Waals surface area contributed by atoms with E-state index in [0.29, 0.717) is 22.3 Å². The number of carbonyl (C=O) groups excluding carboxylic acids is 1. The monoisotopic (exact) mass is 385 g/mol. The van der Waals surface area contributed by atoms with E-state index in [9.17, 15) is 9.59 Å². The Hall–Kier alpha value is -2.47. The van der Waals surface area contributed by atoms with Crippen molar-refractivity contribution in [1.82, 2.24) is 9.97 Å². The average Bonchev–Trinajstić information content (AvgIpc) is 2.55. The molecule has 122 valence electrons. The maximum absolute atomic E-state index is 12.5. The average molecular weight is 386 g/mol. The lowest BCUT2D eigenvalue weighted by Gasteiger charge is -2.11. The number of hydrogen-bond donors (Lipinski definition) is 2. The second kappa shape index (κ2) is 6.57. The summed E-state index contributed by atoms with van der Waals surface area (Å²) in [5.74, 6) is 0.292. The molecular weight excluding hydrogens is 370 g/mol. The zero-order valence-corrected chi connectivity index (χ0v) is 14.9. The van der Waals surface area contributed by atoms with Crippen LogP contribution >= 0.6 is 15.9 Å². The van der Waals surface area contributed by atoms with Gasteiger partial charge in [-0.15, -0.1) is 0 Å². The number of benzene rings is 2. The van der Waals surface area contributed by atoms with Gasteiger partial charge in [-0.3, -0.25) is 9.59 Å². The minimum atomic E-state index is -0.228. The molecule has 0 aliphatic rings. The van der Waals surface area contributed by atoms with Crippen molar-refractivity contribution in [3.63, 3.8) is 0 Å². The van der Waals surface area contributed by atoms with Crippen LogP contribution in [0.1, 0.15) is 28.7 Å². The molecule has 2 aromatic carbocycles. The Labute approximate surface area is 147 Å². The first-order valence-electron chi connectivity index (χ1n) is 7.58. The Balaban J connectivity index is 1.96. The number of H-pyrrole nitrogens is 1. The number of anilines is 1. The molecule has 0 saturated carbocycles. The van der Waals surface area contributed by atoms with Crippen molar-refractivity contribution >= 4 is 38.4 Å². The van der Waals surface area contributed by atoms with Crippen molar-refractivity contribution in [1.29, 1.82) is 0 Å². The highest BCUT2D eigenvalue weighted by molar-refractivity contribution is 9.10. The highest BCUT2D eigenvalue weighted by Crippen LogP contribution is 2.22. The van der Waals surface area contributed by atoms with Gasteiger partial charge in [0.2, 0.25) is 0 Å². The van der Waals surface area contributed by atoms with Crippen LogP contribution in [-0.2, 0) is 6.42 Å². The number of nitrogens with one attached hydrogen (secondary N) is 2. The van der Waals surface area contributed by atoms with Gasteiger partial charge in [-0.25, -0.2) is 4.98 Å². The van der Waals surface area contributed by atoms with Crippen LogP contribution in [0, 0.1) is 6.92 Å². The fourth-order valence-electron chi connectivity index (χ4n) is 2.57. The van der Waals surface area contributed by atoms with Crippen molar-refractivity contribution in [2.24, 2.45) is 0 Å². The lowest BCUT2D eigenvalue weighted by molar-refractivity contribution is 0.102. The molecule has 0 unspecified atom stereocenters. The molecule has 0 aliphatic heterocycles. The van der Waals surface area contributed by atoms with E-state index in [4.69, 9.17) is 0 Å². The van der Waals surface area contributed by atoms with Gasteiger partial charge < -0.3 is 10.3 Å². The number of carbonyl (C=O) groups is 1. The molecular formula is C18H16BrN3O2. The first-order chi connectivity index (χ1) is 11.5. The summed E-state index contributed by atoms with van der Waals surface area (Å²) < 4.78 is 0.974. The molecule has 6 heteroatoms. The van der Waals surface area contributed by atoms with Gasteiger partial charge in [0.25, 0.3) is 11.5 Å². The van der Waals surface area contributed by atoms with Crippen LogP contribution in [-0.4, -0.2) is 15.9 Å². The summed E-state index contributed by atoms with van der Waals surface area (Å²) in [5.41, 5.74) is 2.59. The second-order valence-corrected chi connectivity index (χ2v) is 6.41. The van der Waals surface area contributed by atoms with Gasteiger partial charge in [0.15, 0.2) is 0 Å². The number of rotatable bonds is 3. The molecule has 0 atom stereocenters. The molecule has 1 aromatic heterocycles. The summed E-state index contributed by atoms with van der Waals surface area (Å²) >= 11 is 3.44. The fraction of sp³-hybridized carbons (Fsp3) is 0.167. The van der Waals surface area contributed by atoms with E-state index in [1.807, 2.05) is 25.1 Å². The van der Waals surface area contributed by atoms with Gasteiger partial charge in [0.1, 0.15) is 5.82 Å². The third kappa shape index (κ3) is 3.23. The van der Waals surface area contributed by atoms with E-state index in [1.165, 1.54) is 0 Å². The number of amides is 1. The molecule has 24 heavy (non-hydrogen) atoms. The van der Waals surface area contributed by atoms with E-state index >= 15 is 0 Å². The zero-order valence-electron chi connectivity index (χ0n) is 13.3. The standard InChI is InChI=1S/C18H16BrN3O2/c1-3-11-8-13(19)5-7-15(11)22-17(23)12-4-6-14-16(9-12)20-10(2)21-18(14)24/h4-9H,3H2,1-2H3,(H,22,23)(H,20,21,24). The summed E-state index contributed by atoms with van der Waals surface area (Å²) in [6.07, 6.45) is 0.808. The van der Waals surface area contributed by atoms with Crippen molar-refractivity contribution < 1.29 is 4.79 Å². The quantitative estimate of drug-likeness (QED) is 0.719. The summed E-state index contributed by atoms with van der Waals surface area (Å²) in [6, 6.07) is 10.6. The van der Waals surface area contributed by atoms with Crippen molar-refractivity contribution in [3.8, 4) is 0 Å². The number of aryl methyl sites for hydroxylation is 2. The van der Waals surface area contributed by atoms with Gasteiger partial charge in [-0.2, -0.15) is 0 Å². The Kier molecular flexibility index (Phi) is 4.49. The van der Waals surface area contributed by atoms with Crippen molar-refractivity contribution in [3.05, 3.63) is 68.2 Å². The Morgan fingerprint density at radius 2 is 2.04 bits per heavy atom. The number of aromatic amines is 1. The first kappa shape index (κ1) is 16.4. The van der Waals surface area contributed by atoms with Gasteiger partial charge in [0, 0.05) is 15.7 Å². The van der Waals surface area contributed by atoms with Crippen LogP contribution in [0.2, 0.25) is 0 Å². The van der Waals surface area contributed by atoms with E-state index in [1.54, 1.807) is 25.1 Å². The maximum atomic E-state index is 12.5. The fourth-order valence-corrected chi connectivity index (χ4v) is 2.98. The zero-order chi connectivity index (χ0) is 17.3. The molecule has 0 radical (unpaired) electrons. The lowest BCUT2D eigenvalue weighted by Crippen LogP contribution is -2.15. The molecule has 1 amide bonds. The topological polar surface area (TPSA) is 74.8 Å². The molecule has 0 bridgehead atoms. The summed E-state index contributed by atoms with van der Waals surface area (Å²) in [4.78, 5) is 31.4. The molecule has 0 aliphatic carbocycles. The van der Waals surface area contributed by atoms with Crippen molar-refractivity contribution in [2.75, 3.05) is 5.32 Å². The van der Waals surface area contributed by atoms with E-state index in [-0.39, 0.29) is 11.5 Å². The van der Waals surface area contributed by atoms with Crippen LogP contribution in [0.25, 0.3) is 10.9 Å². The molecule has 5 nitrogen and oxygen atoms in total. The third-order valence-corrected chi connectivity index (χ3v) is 4.28. The van der Waals surface area contributed by atoms with Crippen LogP contribution in [0.4, 0.5) is 5.69 Å². The number of halogens is 1. The molecule has 0 spiro atoms. The van der Waals surface area contributed by atoms with E-state index < -0.39 is 0 Å². The molecule has 0 fully saturated rings. The molecule has 1 heterocycles. The molecule has 0 saturated heterocycles. The summed E-state index contributed by atoms with van der Waals surface area (Å²) in [5, 5.41) is 3.39. The number of nitrogens with zero attached hydrogens (tertiary/aromatic N) is 1. The smallest absolute Gasteiger partial charge is 0.258 e. The normalized spacial score (nSPS) is 10.8. The van der Waals surface area contributed by atoms with Crippen LogP contribution in [0.3, 0.4) is 0 Å². The lowest BCUT2D eigenvalue weighted by atomic mass is 10.1. The van der Waals surface area contributed by atoms with E-state index in [0.717, 1.165) is 22.1 Å². The highest BCUT2D eigenvalue weighted by Gasteiger charge is 2.11. The Morgan fingerprint density at radius 1 is 1.25 bits per heavy atom. The molecule has 3 aromatic rings. The number of aromatic nitrogens is 2. The molecule has 2 N–H and O–H groups in total. The summed E-state index contributed by atoms with van der Waals surface area (Å²) in [7, 11) is 0. The Morgan fingerprint density at radius 3 is 2.79 bits per heavy atom. The first-order valence-corrected chi connectivity index (χ1v) is 8.37. The van der Waals surface area contributed by atoms with Gasteiger partial charge in [0.05, 0.1) is 10.9 Å². The van der Waals surface area contributed by atoms with Crippen LogP contribution in [0.5, 0.6) is 0 Å². The second-order valence-electron chi connectivity index (χ2n) is 5.49. The SMILES string of the molecule is CCc1cc(Br)ccc1NC(=O)c1ccc2c(=O)[nH]c(C)nc2c1. The van der Waals surface area contributed by atoms with Gasteiger partial charge in [-0.1, -0.05) is 22.9 Å². The number of fused-ring (bicyclic) bond motifs is 1.